The van der Waals surface area contributed by atoms with Crippen LogP contribution in [0.2, 0.25) is 0 Å². The van der Waals surface area contributed by atoms with Crippen molar-refractivity contribution >= 4 is 17.5 Å². The second kappa shape index (κ2) is 7.97. The van der Waals surface area contributed by atoms with Crippen LogP contribution in [0.15, 0.2) is 82.5 Å². The fraction of sp³-hybridized carbons (Fsp3) is 0.217. The highest BCUT2D eigenvalue weighted by molar-refractivity contribution is 8.00. The van der Waals surface area contributed by atoms with Gasteiger partial charge >= 0.3 is 0 Å². The molecule has 0 bridgehead atoms. The normalized spacial score (nSPS) is 15.1. The molecule has 1 unspecified atom stereocenters. The fourth-order valence-corrected chi connectivity index (χ4v) is 3.56. The molecule has 1 aliphatic carbocycles. The lowest BCUT2D eigenvalue weighted by Crippen LogP contribution is -2.09. The van der Waals surface area contributed by atoms with Crippen molar-refractivity contribution < 1.29 is 9.21 Å². The topological polar surface area (TPSA) is 43.1 Å². The molecule has 1 fully saturated rings. The Balaban J connectivity index is 1.62. The number of carbonyl (C=O) groups excluding carboxylic acids is 1. The molecule has 1 saturated carbocycles. The van der Waals surface area contributed by atoms with Crippen LogP contribution in [-0.4, -0.2) is 16.0 Å². The predicted octanol–water partition coefficient (Wildman–Crippen LogP) is 6.02. The molecule has 2 aromatic carbocycles. The molecular weight excluding hydrogens is 354 g/mol. The Bertz CT molecular complexity index is 886. The molecule has 1 atom stereocenters. The zero-order valence-corrected chi connectivity index (χ0v) is 16.0. The highest BCUT2D eigenvalue weighted by Crippen LogP contribution is 2.37. The summed E-state index contributed by atoms with van der Waals surface area (Å²) >= 11 is 1.37. The summed E-state index contributed by atoms with van der Waals surface area (Å²) in [5, 5.41) is 0.291. The summed E-state index contributed by atoms with van der Waals surface area (Å²) in [6.07, 6.45) is 6.14. The zero-order chi connectivity index (χ0) is 18.6. The molecule has 0 spiro atoms. The SMILES string of the molecule is CC(Sc1nc(-c2ccccc2)c(-c2ccccc2)o1)C(=O)/C=C/C1CC1. The third-order valence-electron chi connectivity index (χ3n) is 4.52. The molecule has 4 heteroatoms. The number of aromatic nitrogens is 1. The van der Waals surface area contributed by atoms with Crippen molar-refractivity contribution in [1.29, 1.82) is 0 Å². The quantitative estimate of drug-likeness (QED) is 0.374. The van der Waals surface area contributed by atoms with Gasteiger partial charge in [0, 0.05) is 11.1 Å². The van der Waals surface area contributed by atoms with Gasteiger partial charge in [0.2, 0.25) is 0 Å². The maximum absolute atomic E-state index is 12.3. The summed E-state index contributed by atoms with van der Waals surface area (Å²) in [7, 11) is 0. The molecule has 3 aromatic rings. The number of hydrogen-bond acceptors (Lipinski definition) is 4. The third kappa shape index (κ3) is 4.40. The van der Waals surface area contributed by atoms with E-state index in [1.165, 1.54) is 24.6 Å². The van der Waals surface area contributed by atoms with Crippen LogP contribution in [0.25, 0.3) is 22.6 Å². The van der Waals surface area contributed by atoms with Crippen LogP contribution in [0, 0.1) is 5.92 Å². The van der Waals surface area contributed by atoms with E-state index in [-0.39, 0.29) is 11.0 Å². The molecule has 0 N–H and O–H groups in total. The Morgan fingerprint density at radius 2 is 1.70 bits per heavy atom. The van der Waals surface area contributed by atoms with Gasteiger partial charge in [0.05, 0.1) is 5.25 Å². The Kier molecular flexibility index (Phi) is 5.26. The highest BCUT2D eigenvalue weighted by atomic mass is 32.2. The number of nitrogens with zero attached hydrogens (tertiary/aromatic N) is 1. The summed E-state index contributed by atoms with van der Waals surface area (Å²) in [6, 6.07) is 19.9. The fourth-order valence-electron chi connectivity index (χ4n) is 2.79. The number of thioether (sulfide) groups is 1. The number of ketones is 1. The molecule has 4 rings (SSSR count). The van der Waals surface area contributed by atoms with Gasteiger partial charge in [-0.3, -0.25) is 4.79 Å². The van der Waals surface area contributed by atoms with Gasteiger partial charge < -0.3 is 4.42 Å². The minimum Gasteiger partial charge on any atom is -0.431 e. The first-order chi connectivity index (χ1) is 13.2. The van der Waals surface area contributed by atoms with Gasteiger partial charge in [-0.05, 0) is 31.8 Å². The van der Waals surface area contributed by atoms with Crippen LogP contribution < -0.4 is 0 Å². The van der Waals surface area contributed by atoms with Crippen molar-refractivity contribution in [2.24, 2.45) is 5.92 Å². The van der Waals surface area contributed by atoms with Crippen LogP contribution in [0.5, 0.6) is 0 Å². The Morgan fingerprint density at radius 1 is 1.07 bits per heavy atom. The van der Waals surface area contributed by atoms with E-state index in [9.17, 15) is 4.79 Å². The van der Waals surface area contributed by atoms with E-state index in [1.807, 2.05) is 73.7 Å². The molecule has 1 aliphatic rings. The first-order valence-electron chi connectivity index (χ1n) is 9.21. The number of oxazole rings is 1. The van der Waals surface area contributed by atoms with Gasteiger partial charge in [-0.25, -0.2) is 4.98 Å². The third-order valence-corrected chi connectivity index (χ3v) is 5.49. The average Bonchev–Trinajstić information content (AvgIpc) is 3.45. The highest BCUT2D eigenvalue weighted by Gasteiger charge is 2.22. The zero-order valence-electron chi connectivity index (χ0n) is 15.2. The molecule has 27 heavy (non-hydrogen) atoms. The second-order valence-electron chi connectivity index (χ2n) is 6.75. The Morgan fingerprint density at radius 3 is 2.33 bits per heavy atom. The Hall–Kier alpha value is -2.59. The maximum atomic E-state index is 12.3. The van der Waals surface area contributed by atoms with E-state index in [1.54, 1.807) is 6.08 Å². The minimum atomic E-state index is -0.231. The van der Waals surface area contributed by atoms with Crippen LogP contribution in [-0.2, 0) is 4.79 Å². The smallest absolute Gasteiger partial charge is 0.257 e. The second-order valence-corrected chi connectivity index (χ2v) is 8.04. The number of allylic oxidation sites excluding steroid dienone is 2. The van der Waals surface area contributed by atoms with Gasteiger partial charge in [-0.2, -0.15) is 0 Å². The van der Waals surface area contributed by atoms with E-state index in [2.05, 4.69) is 0 Å². The monoisotopic (exact) mass is 375 g/mol. The molecule has 0 saturated heterocycles. The maximum Gasteiger partial charge on any atom is 0.257 e. The van der Waals surface area contributed by atoms with Crippen molar-refractivity contribution in [1.82, 2.24) is 4.98 Å². The van der Waals surface area contributed by atoms with E-state index < -0.39 is 0 Å². The molecular formula is C23H21NO2S. The largest absolute Gasteiger partial charge is 0.431 e. The van der Waals surface area contributed by atoms with Crippen molar-refractivity contribution in [3.63, 3.8) is 0 Å². The summed E-state index contributed by atoms with van der Waals surface area (Å²) in [5.74, 6) is 1.44. The summed E-state index contributed by atoms with van der Waals surface area (Å²) in [6.45, 7) is 1.90. The summed E-state index contributed by atoms with van der Waals surface area (Å²) in [4.78, 5) is 17.0. The predicted molar refractivity (Wildman–Crippen MR) is 110 cm³/mol. The van der Waals surface area contributed by atoms with E-state index in [4.69, 9.17) is 9.40 Å². The first kappa shape index (κ1) is 17.8. The average molecular weight is 375 g/mol. The number of benzene rings is 2. The van der Waals surface area contributed by atoms with Gasteiger partial charge in [-0.1, -0.05) is 78.5 Å². The van der Waals surface area contributed by atoms with E-state index in [0.29, 0.717) is 11.1 Å². The van der Waals surface area contributed by atoms with Gasteiger partial charge in [0.15, 0.2) is 11.5 Å². The Labute approximate surface area is 163 Å². The van der Waals surface area contributed by atoms with Crippen LogP contribution in [0.1, 0.15) is 19.8 Å². The molecule has 136 valence electrons. The first-order valence-corrected chi connectivity index (χ1v) is 10.1. The standard InChI is InChI=1S/C23H21NO2S/c1-16(20(25)15-14-17-12-13-17)27-23-24-21(18-8-4-2-5-9-18)22(26-23)19-10-6-3-7-11-19/h2-11,14-17H,12-13H2,1H3/b15-14+. The van der Waals surface area contributed by atoms with E-state index >= 15 is 0 Å². The lowest BCUT2D eigenvalue weighted by Gasteiger charge is -2.03. The molecule has 1 aromatic heterocycles. The van der Waals surface area contributed by atoms with Gasteiger partial charge in [-0.15, -0.1) is 0 Å². The van der Waals surface area contributed by atoms with Gasteiger partial charge in [0.1, 0.15) is 5.69 Å². The number of carbonyl (C=O) groups is 1. The van der Waals surface area contributed by atoms with Crippen molar-refractivity contribution in [2.45, 2.75) is 30.2 Å². The summed E-state index contributed by atoms with van der Waals surface area (Å²) < 4.78 is 6.09. The van der Waals surface area contributed by atoms with Crippen molar-refractivity contribution in [3.05, 3.63) is 72.8 Å². The summed E-state index contributed by atoms with van der Waals surface area (Å²) in [5.41, 5.74) is 2.78. The van der Waals surface area contributed by atoms with Crippen LogP contribution >= 0.6 is 11.8 Å². The molecule has 0 aliphatic heterocycles. The minimum absolute atomic E-state index is 0.104. The van der Waals surface area contributed by atoms with E-state index in [0.717, 1.165) is 22.6 Å². The van der Waals surface area contributed by atoms with Gasteiger partial charge in [0.25, 0.3) is 5.22 Å². The molecule has 0 radical (unpaired) electrons. The molecule has 3 nitrogen and oxygen atoms in total. The van der Waals surface area contributed by atoms with Crippen molar-refractivity contribution in [3.8, 4) is 22.6 Å². The van der Waals surface area contributed by atoms with Crippen molar-refractivity contribution in [2.75, 3.05) is 0 Å². The van der Waals surface area contributed by atoms with Crippen LogP contribution in [0.4, 0.5) is 0 Å². The lowest BCUT2D eigenvalue weighted by atomic mass is 10.1. The lowest BCUT2D eigenvalue weighted by molar-refractivity contribution is -0.113. The van der Waals surface area contributed by atoms with Crippen LogP contribution in [0.3, 0.4) is 0 Å². The molecule has 1 heterocycles. The molecule has 0 amide bonds. The number of rotatable bonds is 7. The number of hydrogen-bond donors (Lipinski definition) is 0.